The Morgan fingerprint density at radius 3 is 2.83 bits per heavy atom. The van der Waals surface area contributed by atoms with Crippen LogP contribution in [0, 0.1) is 5.82 Å². The van der Waals surface area contributed by atoms with Gasteiger partial charge in [0.2, 0.25) is 0 Å². The normalized spacial score (nSPS) is 25.1. The Morgan fingerprint density at radius 1 is 1.50 bits per heavy atom. The number of aliphatic hydroxyl groups excluding tert-OH is 1. The minimum Gasteiger partial charge on any atom is -0.491 e. The van der Waals surface area contributed by atoms with Gasteiger partial charge in [0.15, 0.2) is 0 Å². The molecule has 0 radical (unpaired) electrons. The molecular weight excluding hydrogens is 235 g/mol. The summed E-state index contributed by atoms with van der Waals surface area (Å²) in [7, 11) is 0. The third-order valence-electron chi connectivity index (χ3n) is 3.18. The van der Waals surface area contributed by atoms with E-state index in [1.165, 1.54) is 13.0 Å². The topological polar surface area (TPSA) is 38.7 Å². The lowest BCUT2D eigenvalue weighted by Crippen LogP contribution is -2.18. The van der Waals surface area contributed by atoms with E-state index < -0.39 is 11.9 Å². The molecule has 2 unspecified atom stereocenters. The molecule has 0 amide bonds. The largest absolute Gasteiger partial charge is 0.491 e. The van der Waals surface area contributed by atoms with Crippen molar-refractivity contribution < 1.29 is 19.0 Å². The standard InChI is InChI=1S/C14H19FO3/c1-9-3-4-12(18-9)8-17-11-5-6-13(10(2)16)14(15)7-11/h5-7,9-10,12,16H,3-4,8H2,1-2H3/t9?,10-,12?/m0/s1. The fourth-order valence-corrected chi connectivity index (χ4v) is 2.13. The summed E-state index contributed by atoms with van der Waals surface area (Å²) in [5, 5.41) is 9.33. The molecule has 0 spiro atoms. The van der Waals surface area contributed by atoms with Crippen LogP contribution in [-0.2, 0) is 4.74 Å². The van der Waals surface area contributed by atoms with Gasteiger partial charge in [0.25, 0.3) is 0 Å². The summed E-state index contributed by atoms with van der Waals surface area (Å²) in [6.07, 6.45) is 1.60. The van der Waals surface area contributed by atoms with E-state index in [0.717, 1.165) is 12.8 Å². The summed E-state index contributed by atoms with van der Waals surface area (Å²) in [6.45, 7) is 4.02. The maximum absolute atomic E-state index is 13.6. The summed E-state index contributed by atoms with van der Waals surface area (Å²) in [5.41, 5.74) is 0.285. The molecule has 1 fully saturated rings. The molecule has 3 nitrogen and oxygen atoms in total. The highest BCUT2D eigenvalue weighted by Gasteiger charge is 2.22. The lowest BCUT2D eigenvalue weighted by Gasteiger charge is -2.14. The summed E-state index contributed by atoms with van der Waals surface area (Å²) in [4.78, 5) is 0. The maximum atomic E-state index is 13.6. The molecule has 18 heavy (non-hydrogen) atoms. The highest BCUT2D eigenvalue weighted by Crippen LogP contribution is 2.23. The predicted molar refractivity (Wildman–Crippen MR) is 66.1 cm³/mol. The summed E-state index contributed by atoms with van der Waals surface area (Å²) in [5.74, 6) is 0.0308. The first-order chi connectivity index (χ1) is 8.56. The SMILES string of the molecule is CC1CCC(COc2ccc([C@H](C)O)c(F)c2)O1. The van der Waals surface area contributed by atoms with Crippen LogP contribution in [-0.4, -0.2) is 23.9 Å². The molecule has 1 aliphatic rings. The van der Waals surface area contributed by atoms with Crippen molar-refractivity contribution >= 4 is 0 Å². The van der Waals surface area contributed by atoms with Crippen molar-refractivity contribution in [2.45, 2.75) is 45.0 Å². The van der Waals surface area contributed by atoms with Crippen molar-refractivity contribution in [3.05, 3.63) is 29.6 Å². The molecular formula is C14H19FO3. The summed E-state index contributed by atoms with van der Waals surface area (Å²) >= 11 is 0. The molecule has 2 rings (SSSR count). The zero-order chi connectivity index (χ0) is 13.1. The van der Waals surface area contributed by atoms with Crippen LogP contribution in [0.5, 0.6) is 5.75 Å². The molecule has 1 aromatic carbocycles. The second kappa shape index (κ2) is 5.67. The number of rotatable bonds is 4. The quantitative estimate of drug-likeness (QED) is 0.898. The van der Waals surface area contributed by atoms with E-state index in [4.69, 9.17) is 9.47 Å². The van der Waals surface area contributed by atoms with Gasteiger partial charge in [0, 0.05) is 11.6 Å². The molecule has 3 atom stereocenters. The number of hydrogen-bond donors (Lipinski definition) is 1. The van der Waals surface area contributed by atoms with Crippen molar-refractivity contribution in [3.63, 3.8) is 0 Å². The van der Waals surface area contributed by atoms with Gasteiger partial charge in [-0.15, -0.1) is 0 Å². The smallest absolute Gasteiger partial charge is 0.132 e. The van der Waals surface area contributed by atoms with Gasteiger partial charge >= 0.3 is 0 Å². The van der Waals surface area contributed by atoms with Gasteiger partial charge in [0.1, 0.15) is 18.2 Å². The van der Waals surface area contributed by atoms with Crippen LogP contribution in [0.25, 0.3) is 0 Å². The Kier molecular flexibility index (Phi) is 4.19. The highest BCUT2D eigenvalue weighted by atomic mass is 19.1. The Hall–Kier alpha value is -1.13. The molecule has 1 heterocycles. The van der Waals surface area contributed by atoms with E-state index in [0.29, 0.717) is 12.4 Å². The van der Waals surface area contributed by atoms with Gasteiger partial charge in [-0.3, -0.25) is 0 Å². The van der Waals surface area contributed by atoms with Crippen molar-refractivity contribution in [2.75, 3.05) is 6.61 Å². The number of halogens is 1. The Bertz CT molecular complexity index is 406. The third-order valence-corrected chi connectivity index (χ3v) is 3.18. The van der Waals surface area contributed by atoms with Crippen molar-refractivity contribution in [1.29, 1.82) is 0 Å². The van der Waals surface area contributed by atoms with Crippen molar-refractivity contribution in [1.82, 2.24) is 0 Å². The van der Waals surface area contributed by atoms with Crippen LogP contribution in [0.4, 0.5) is 4.39 Å². The molecule has 100 valence electrons. The van der Waals surface area contributed by atoms with Crippen molar-refractivity contribution in [2.24, 2.45) is 0 Å². The fraction of sp³-hybridized carbons (Fsp3) is 0.571. The maximum Gasteiger partial charge on any atom is 0.132 e. The minimum atomic E-state index is -0.807. The first kappa shape index (κ1) is 13.3. The van der Waals surface area contributed by atoms with E-state index in [1.54, 1.807) is 12.1 Å². The Balaban J connectivity index is 1.92. The fourth-order valence-electron chi connectivity index (χ4n) is 2.13. The number of aliphatic hydroxyl groups is 1. The van der Waals surface area contributed by atoms with Gasteiger partial charge in [-0.25, -0.2) is 4.39 Å². The van der Waals surface area contributed by atoms with Crippen LogP contribution in [0.2, 0.25) is 0 Å². The van der Waals surface area contributed by atoms with E-state index in [-0.39, 0.29) is 17.8 Å². The Morgan fingerprint density at radius 2 is 2.28 bits per heavy atom. The van der Waals surface area contributed by atoms with Gasteiger partial charge in [0.05, 0.1) is 18.3 Å². The van der Waals surface area contributed by atoms with Crippen LogP contribution < -0.4 is 4.74 Å². The molecule has 1 saturated heterocycles. The first-order valence-electron chi connectivity index (χ1n) is 6.32. The lowest BCUT2D eigenvalue weighted by molar-refractivity contribution is 0.0263. The average Bonchev–Trinajstić information content (AvgIpc) is 2.72. The summed E-state index contributed by atoms with van der Waals surface area (Å²) in [6, 6.07) is 4.53. The number of ether oxygens (including phenoxy) is 2. The van der Waals surface area contributed by atoms with Crippen LogP contribution in [0.3, 0.4) is 0 Å². The van der Waals surface area contributed by atoms with E-state index in [9.17, 15) is 9.50 Å². The molecule has 0 aromatic heterocycles. The second-order valence-electron chi connectivity index (χ2n) is 4.82. The van der Waals surface area contributed by atoms with Gasteiger partial charge in [-0.1, -0.05) is 0 Å². The molecule has 0 aliphatic carbocycles. The van der Waals surface area contributed by atoms with Gasteiger partial charge < -0.3 is 14.6 Å². The zero-order valence-corrected chi connectivity index (χ0v) is 10.7. The predicted octanol–water partition coefficient (Wildman–Crippen LogP) is 2.83. The first-order valence-corrected chi connectivity index (χ1v) is 6.32. The second-order valence-corrected chi connectivity index (χ2v) is 4.82. The third kappa shape index (κ3) is 3.21. The average molecular weight is 254 g/mol. The zero-order valence-electron chi connectivity index (χ0n) is 10.7. The molecule has 4 heteroatoms. The van der Waals surface area contributed by atoms with E-state index in [1.807, 2.05) is 6.92 Å². The number of benzene rings is 1. The molecule has 0 saturated carbocycles. The van der Waals surface area contributed by atoms with Crippen LogP contribution in [0.1, 0.15) is 38.4 Å². The van der Waals surface area contributed by atoms with Crippen molar-refractivity contribution in [3.8, 4) is 5.75 Å². The van der Waals surface area contributed by atoms with E-state index in [2.05, 4.69) is 0 Å². The van der Waals surface area contributed by atoms with Crippen LogP contribution in [0.15, 0.2) is 18.2 Å². The Labute approximate surface area is 107 Å². The van der Waals surface area contributed by atoms with E-state index >= 15 is 0 Å². The molecule has 1 aromatic rings. The molecule has 1 aliphatic heterocycles. The van der Waals surface area contributed by atoms with Crippen LogP contribution >= 0.6 is 0 Å². The summed E-state index contributed by atoms with van der Waals surface area (Å²) < 4.78 is 24.7. The van der Waals surface area contributed by atoms with Gasteiger partial charge in [-0.05, 0) is 38.8 Å². The van der Waals surface area contributed by atoms with Gasteiger partial charge in [-0.2, -0.15) is 0 Å². The highest BCUT2D eigenvalue weighted by molar-refractivity contribution is 5.30. The monoisotopic (exact) mass is 254 g/mol. The number of hydrogen-bond acceptors (Lipinski definition) is 3. The lowest BCUT2D eigenvalue weighted by atomic mass is 10.1. The molecule has 1 N–H and O–H groups in total. The molecule has 0 bridgehead atoms. The minimum absolute atomic E-state index is 0.0968.